The van der Waals surface area contributed by atoms with Gasteiger partial charge in [-0.05, 0) is 53.6 Å². The number of rotatable bonds is 5. The summed E-state index contributed by atoms with van der Waals surface area (Å²) >= 11 is 0. The summed E-state index contributed by atoms with van der Waals surface area (Å²) < 4.78 is 0. The van der Waals surface area contributed by atoms with Crippen LogP contribution in [0.2, 0.25) is 0 Å². The number of hydroxylamine groups is 1. The second-order valence-corrected chi connectivity index (χ2v) is 6.78. The maximum Gasteiger partial charge on any atom is 0.267 e. The average molecular weight is 439 g/mol. The molecule has 2 N–H and O–H groups in total. The smallest absolute Gasteiger partial charge is 0.267 e. The van der Waals surface area contributed by atoms with Gasteiger partial charge in [-0.1, -0.05) is 18.2 Å². The summed E-state index contributed by atoms with van der Waals surface area (Å²) in [6.07, 6.45) is 6.10. The fraction of sp³-hybridized carbons (Fsp3) is 0.174. The number of nitriles is 1. The van der Waals surface area contributed by atoms with Crippen molar-refractivity contribution in [3.63, 3.8) is 0 Å². The zero-order valence-corrected chi connectivity index (χ0v) is 17.6. The summed E-state index contributed by atoms with van der Waals surface area (Å²) in [5.41, 5.74) is 4.84. The first-order valence-corrected chi connectivity index (χ1v) is 9.53. The zero-order chi connectivity index (χ0) is 21.3. The SMILES string of the molecule is Cl.N#Cc1ccc(N2CCN(C(=O)C=Cc3cccc(C=CC(=O)NO)c3)CC2)cc1. The standard InChI is InChI=1S/C23H22N4O3.ClH/c24-17-20-4-8-21(9-5-20)26-12-14-27(15-13-26)23(29)11-7-19-3-1-2-18(16-19)6-10-22(28)25-30;/h1-11,16,30H,12-15H2,(H,25,28);1H. The number of nitrogens with zero attached hydrogens (tertiary/aromatic N) is 3. The van der Waals surface area contributed by atoms with Crippen LogP contribution in [0, 0.1) is 11.3 Å². The molecule has 3 rings (SSSR count). The second-order valence-electron chi connectivity index (χ2n) is 6.78. The zero-order valence-electron chi connectivity index (χ0n) is 16.8. The van der Waals surface area contributed by atoms with Gasteiger partial charge in [0, 0.05) is 44.0 Å². The molecule has 8 heteroatoms. The first-order chi connectivity index (χ1) is 14.6. The molecule has 1 aliphatic rings. The molecule has 0 aliphatic carbocycles. The highest BCUT2D eigenvalue weighted by molar-refractivity contribution is 5.92. The quantitative estimate of drug-likeness (QED) is 0.425. The van der Waals surface area contributed by atoms with E-state index in [-0.39, 0.29) is 18.3 Å². The van der Waals surface area contributed by atoms with Gasteiger partial charge in [0.1, 0.15) is 0 Å². The molecule has 1 aliphatic heterocycles. The number of hydrogen-bond donors (Lipinski definition) is 2. The molecule has 1 saturated heterocycles. The van der Waals surface area contributed by atoms with E-state index in [0.717, 1.165) is 29.9 Å². The predicted molar refractivity (Wildman–Crippen MR) is 122 cm³/mol. The summed E-state index contributed by atoms with van der Waals surface area (Å²) in [6, 6.07) is 16.9. The molecule has 7 nitrogen and oxygen atoms in total. The van der Waals surface area contributed by atoms with Crippen LogP contribution in [0.4, 0.5) is 5.69 Å². The number of carbonyl (C=O) groups excluding carboxylic acids is 2. The Morgan fingerprint density at radius 2 is 1.58 bits per heavy atom. The van der Waals surface area contributed by atoms with Crippen molar-refractivity contribution in [2.75, 3.05) is 31.1 Å². The first-order valence-electron chi connectivity index (χ1n) is 9.53. The molecule has 2 aromatic carbocycles. The number of piperazine rings is 1. The monoisotopic (exact) mass is 438 g/mol. The van der Waals surface area contributed by atoms with Gasteiger partial charge in [-0.15, -0.1) is 12.4 Å². The number of halogens is 1. The Hall–Kier alpha value is -3.60. The van der Waals surface area contributed by atoms with Crippen LogP contribution in [-0.4, -0.2) is 48.1 Å². The summed E-state index contributed by atoms with van der Waals surface area (Å²) in [6.45, 7) is 2.72. The lowest BCUT2D eigenvalue weighted by Gasteiger charge is -2.35. The average Bonchev–Trinajstić information content (AvgIpc) is 2.81. The third-order valence-corrected chi connectivity index (χ3v) is 4.82. The van der Waals surface area contributed by atoms with E-state index in [1.165, 1.54) is 11.6 Å². The largest absolute Gasteiger partial charge is 0.368 e. The van der Waals surface area contributed by atoms with E-state index in [9.17, 15) is 9.59 Å². The summed E-state index contributed by atoms with van der Waals surface area (Å²) in [5.74, 6) is -0.652. The normalized spacial score (nSPS) is 13.7. The van der Waals surface area contributed by atoms with Crippen LogP contribution in [-0.2, 0) is 9.59 Å². The van der Waals surface area contributed by atoms with Gasteiger partial charge in [-0.25, -0.2) is 5.48 Å². The Balaban J connectivity index is 0.00000341. The second kappa shape index (κ2) is 11.6. The van der Waals surface area contributed by atoms with Gasteiger partial charge in [0.25, 0.3) is 5.91 Å². The molecule has 1 heterocycles. The van der Waals surface area contributed by atoms with Crippen LogP contribution >= 0.6 is 12.4 Å². The molecule has 1 fully saturated rings. The Labute approximate surface area is 187 Å². The van der Waals surface area contributed by atoms with E-state index in [2.05, 4.69) is 11.0 Å². The lowest BCUT2D eigenvalue weighted by Crippen LogP contribution is -2.48. The summed E-state index contributed by atoms with van der Waals surface area (Å²) in [4.78, 5) is 27.6. The number of hydrogen-bond acceptors (Lipinski definition) is 5. The molecule has 0 aromatic heterocycles. The van der Waals surface area contributed by atoms with Gasteiger partial charge in [-0.2, -0.15) is 5.26 Å². The van der Waals surface area contributed by atoms with Gasteiger partial charge in [0.05, 0.1) is 11.6 Å². The third kappa shape index (κ3) is 6.71. The highest BCUT2D eigenvalue weighted by Crippen LogP contribution is 2.17. The van der Waals surface area contributed by atoms with Gasteiger partial charge >= 0.3 is 0 Å². The van der Waals surface area contributed by atoms with E-state index >= 15 is 0 Å². The van der Waals surface area contributed by atoms with Crippen molar-refractivity contribution in [2.24, 2.45) is 0 Å². The molecule has 2 aromatic rings. The predicted octanol–water partition coefficient (Wildman–Crippen LogP) is 2.86. The van der Waals surface area contributed by atoms with Crippen molar-refractivity contribution in [1.29, 1.82) is 5.26 Å². The number of nitrogens with one attached hydrogen (secondary N) is 1. The van der Waals surface area contributed by atoms with Crippen LogP contribution in [0.25, 0.3) is 12.2 Å². The van der Waals surface area contributed by atoms with Gasteiger partial charge < -0.3 is 9.80 Å². The van der Waals surface area contributed by atoms with E-state index in [1.54, 1.807) is 30.4 Å². The Morgan fingerprint density at radius 1 is 0.968 bits per heavy atom. The first kappa shape index (κ1) is 23.7. The number of carbonyl (C=O) groups is 2. The fourth-order valence-corrected chi connectivity index (χ4v) is 3.18. The van der Waals surface area contributed by atoms with Crippen molar-refractivity contribution < 1.29 is 14.8 Å². The van der Waals surface area contributed by atoms with Crippen LogP contribution in [0.5, 0.6) is 0 Å². The van der Waals surface area contributed by atoms with Crippen molar-refractivity contribution in [3.05, 3.63) is 77.4 Å². The topological polar surface area (TPSA) is 96.7 Å². The van der Waals surface area contributed by atoms with Crippen molar-refractivity contribution in [3.8, 4) is 6.07 Å². The summed E-state index contributed by atoms with van der Waals surface area (Å²) in [7, 11) is 0. The van der Waals surface area contributed by atoms with Crippen LogP contribution in [0.15, 0.2) is 60.7 Å². The van der Waals surface area contributed by atoms with Crippen molar-refractivity contribution in [1.82, 2.24) is 10.4 Å². The van der Waals surface area contributed by atoms with Crippen LogP contribution in [0.1, 0.15) is 16.7 Å². The molecule has 0 radical (unpaired) electrons. The molecule has 0 atom stereocenters. The molecule has 160 valence electrons. The molecular weight excluding hydrogens is 416 g/mol. The molecule has 0 saturated carbocycles. The van der Waals surface area contributed by atoms with Crippen LogP contribution in [0.3, 0.4) is 0 Å². The van der Waals surface area contributed by atoms with Gasteiger partial charge in [-0.3, -0.25) is 14.8 Å². The van der Waals surface area contributed by atoms with E-state index < -0.39 is 5.91 Å². The number of anilines is 1. The van der Waals surface area contributed by atoms with Crippen LogP contribution < -0.4 is 10.4 Å². The lowest BCUT2D eigenvalue weighted by molar-refractivity contribution is -0.126. The van der Waals surface area contributed by atoms with E-state index in [0.29, 0.717) is 18.7 Å². The minimum absolute atomic E-state index is 0. The van der Waals surface area contributed by atoms with E-state index in [4.69, 9.17) is 10.5 Å². The number of benzene rings is 2. The molecule has 0 bridgehead atoms. The van der Waals surface area contributed by atoms with Crippen molar-refractivity contribution in [2.45, 2.75) is 0 Å². The maximum absolute atomic E-state index is 12.5. The van der Waals surface area contributed by atoms with E-state index in [1.807, 2.05) is 41.3 Å². The molecule has 31 heavy (non-hydrogen) atoms. The molecule has 0 spiro atoms. The maximum atomic E-state index is 12.5. The van der Waals surface area contributed by atoms with Gasteiger partial charge in [0.15, 0.2) is 0 Å². The minimum Gasteiger partial charge on any atom is -0.368 e. The molecular formula is C23H23ClN4O3. The fourth-order valence-electron chi connectivity index (χ4n) is 3.18. The Kier molecular flexibility index (Phi) is 8.82. The highest BCUT2D eigenvalue weighted by atomic mass is 35.5. The number of amides is 2. The minimum atomic E-state index is -0.605. The Bertz CT molecular complexity index is 1000. The molecule has 0 unspecified atom stereocenters. The Morgan fingerprint density at radius 3 is 2.16 bits per heavy atom. The van der Waals surface area contributed by atoms with Gasteiger partial charge in [0.2, 0.25) is 5.91 Å². The van der Waals surface area contributed by atoms with Crippen molar-refractivity contribution >= 4 is 42.1 Å². The third-order valence-electron chi connectivity index (χ3n) is 4.82. The summed E-state index contributed by atoms with van der Waals surface area (Å²) in [5, 5.41) is 17.4. The lowest BCUT2D eigenvalue weighted by atomic mass is 10.1. The highest BCUT2D eigenvalue weighted by Gasteiger charge is 2.19. The molecule has 2 amide bonds.